The molecular weight excluding hydrogens is 252 g/mol. The number of rotatable bonds is 7. The van der Waals surface area contributed by atoms with Gasteiger partial charge in [0.2, 0.25) is 0 Å². The molecule has 2 rings (SSSR count). The second-order valence-electron chi connectivity index (χ2n) is 5.55. The molecule has 5 heteroatoms. The summed E-state index contributed by atoms with van der Waals surface area (Å²) in [6.07, 6.45) is 7.79. The maximum absolute atomic E-state index is 5.86. The maximum atomic E-state index is 5.86. The van der Waals surface area contributed by atoms with Crippen LogP contribution >= 0.6 is 0 Å². The van der Waals surface area contributed by atoms with Crippen molar-refractivity contribution in [3.05, 3.63) is 18.0 Å². The van der Waals surface area contributed by atoms with E-state index in [1.165, 1.54) is 5.56 Å². The molecule has 1 saturated heterocycles. The number of hydrogen-bond donors (Lipinski definition) is 1. The zero-order valence-electron chi connectivity index (χ0n) is 12.8. The molecule has 2 N–H and O–H groups in total. The molecular formula is C15H28N4O. The SMILES string of the molecule is CCn1cc(C(C)N2CCC(OCCCN)CC2)cn1. The van der Waals surface area contributed by atoms with Gasteiger partial charge in [0.15, 0.2) is 0 Å². The summed E-state index contributed by atoms with van der Waals surface area (Å²) in [6, 6.07) is 0.445. The monoisotopic (exact) mass is 280 g/mol. The summed E-state index contributed by atoms with van der Waals surface area (Å²) < 4.78 is 7.85. The van der Waals surface area contributed by atoms with E-state index < -0.39 is 0 Å². The molecule has 0 spiro atoms. The lowest BCUT2D eigenvalue weighted by Crippen LogP contribution is -2.38. The second-order valence-corrected chi connectivity index (χ2v) is 5.55. The van der Waals surface area contributed by atoms with Crippen molar-refractivity contribution in [2.45, 2.75) is 51.8 Å². The molecule has 1 aliphatic heterocycles. The lowest BCUT2D eigenvalue weighted by molar-refractivity contribution is -0.000753. The molecule has 0 saturated carbocycles. The van der Waals surface area contributed by atoms with Gasteiger partial charge < -0.3 is 10.5 Å². The highest BCUT2D eigenvalue weighted by molar-refractivity contribution is 5.09. The Hall–Kier alpha value is -0.910. The smallest absolute Gasteiger partial charge is 0.0599 e. The van der Waals surface area contributed by atoms with Gasteiger partial charge in [0.05, 0.1) is 12.3 Å². The summed E-state index contributed by atoms with van der Waals surface area (Å²) in [5.41, 5.74) is 6.80. The molecule has 2 heterocycles. The molecule has 0 bridgehead atoms. The largest absolute Gasteiger partial charge is 0.378 e. The minimum atomic E-state index is 0.420. The van der Waals surface area contributed by atoms with Crippen molar-refractivity contribution in [2.24, 2.45) is 5.73 Å². The van der Waals surface area contributed by atoms with Crippen molar-refractivity contribution in [1.82, 2.24) is 14.7 Å². The van der Waals surface area contributed by atoms with E-state index in [0.717, 1.165) is 52.0 Å². The van der Waals surface area contributed by atoms with Crippen LogP contribution in [-0.4, -0.2) is 47.0 Å². The molecule has 0 amide bonds. The van der Waals surface area contributed by atoms with E-state index >= 15 is 0 Å². The Kier molecular flexibility index (Phi) is 6.01. The summed E-state index contributed by atoms with van der Waals surface area (Å²) in [7, 11) is 0. The van der Waals surface area contributed by atoms with Gasteiger partial charge in [-0.2, -0.15) is 5.10 Å². The highest BCUT2D eigenvalue weighted by Gasteiger charge is 2.24. The normalized spacial score (nSPS) is 19.4. The summed E-state index contributed by atoms with van der Waals surface area (Å²) in [5.74, 6) is 0. The van der Waals surface area contributed by atoms with Gasteiger partial charge in [-0.25, -0.2) is 0 Å². The molecule has 1 atom stereocenters. The highest BCUT2D eigenvalue weighted by atomic mass is 16.5. The molecule has 1 aliphatic rings. The molecule has 0 aromatic carbocycles. The maximum Gasteiger partial charge on any atom is 0.0599 e. The predicted molar refractivity (Wildman–Crippen MR) is 80.5 cm³/mol. The number of nitrogens with two attached hydrogens (primary N) is 1. The fourth-order valence-electron chi connectivity index (χ4n) is 2.74. The van der Waals surface area contributed by atoms with Crippen LogP contribution in [0, 0.1) is 0 Å². The number of aromatic nitrogens is 2. The Morgan fingerprint density at radius 2 is 2.20 bits per heavy atom. The van der Waals surface area contributed by atoms with Gasteiger partial charge >= 0.3 is 0 Å². The van der Waals surface area contributed by atoms with Crippen LogP contribution in [0.2, 0.25) is 0 Å². The third-order valence-electron chi connectivity index (χ3n) is 4.19. The third-order valence-corrected chi connectivity index (χ3v) is 4.19. The van der Waals surface area contributed by atoms with Crippen LogP contribution in [0.4, 0.5) is 0 Å². The zero-order valence-corrected chi connectivity index (χ0v) is 12.8. The standard InChI is InChI=1S/C15H28N4O/c1-3-19-12-14(11-17-19)13(2)18-8-5-15(6-9-18)20-10-4-7-16/h11-13,15H,3-10,16H2,1-2H3. The van der Waals surface area contributed by atoms with Crippen LogP contribution in [0.5, 0.6) is 0 Å². The van der Waals surface area contributed by atoms with Gasteiger partial charge in [-0.15, -0.1) is 0 Å². The van der Waals surface area contributed by atoms with Gasteiger partial charge in [-0.3, -0.25) is 9.58 Å². The summed E-state index contributed by atoms with van der Waals surface area (Å²) in [4.78, 5) is 2.53. The first-order valence-corrected chi connectivity index (χ1v) is 7.82. The summed E-state index contributed by atoms with van der Waals surface area (Å²) in [6.45, 7) is 9.05. The Labute approximate surface area is 122 Å². The van der Waals surface area contributed by atoms with Crippen molar-refractivity contribution in [3.8, 4) is 0 Å². The Bertz CT molecular complexity index is 385. The van der Waals surface area contributed by atoms with E-state index in [2.05, 4.69) is 30.0 Å². The van der Waals surface area contributed by atoms with E-state index in [1.807, 2.05) is 10.9 Å². The van der Waals surface area contributed by atoms with E-state index in [9.17, 15) is 0 Å². The fourth-order valence-corrected chi connectivity index (χ4v) is 2.74. The van der Waals surface area contributed by atoms with Gasteiger partial charge in [-0.05, 0) is 39.7 Å². The molecule has 5 nitrogen and oxygen atoms in total. The highest BCUT2D eigenvalue weighted by Crippen LogP contribution is 2.24. The van der Waals surface area contributed by atoms with Crippen molar-refractivity contribution < 1.29 is 4.74 Å². The Balaban J connectivity index is 1.78. The molecule has 1 fully saturated rings. The number of aryl methyl sites for hydroxylation is 1. The van der Waals surface area contributed by atoms with E-state index in [-0.39, 0.29) is 0 Å². The van der Waals surface area contributed by atoms with Gasteiger partial charge in [0, 0.05) is 44.0 Å². The third kappa shape index (κ3) is 4.04. The number of piperidine rings is 1. The van der Waals surface area contributed by atoms with Crippen LogP contribution in [-0.2, 0) is 11.3 Å². The van der Waals surface area contributed by atoms with Gasteiger partial charge in [0.1, 0.15) is 0 Å². The van der Waals surface area contributed by atoms with Crippen LogP contribution in [0.15, 0.2) is 12.4 Å². The Morgan fingerprint density at radius 3 is 2.80 bits per heavy atom. The lowest BCUT2D eigenvalue weighted by Gasteiger charge is -2.35. The zero-order chi connectivity index (χ0) is 14.4. The molecule has 0 radical (unpaired) electrons. The minimum absolute atomic E-state index is 0.420. The van der Waals surface area contributed by atoms with Crippen molar-refractivity contribution in [3.63, 3.8) is 0 Å². The number of hydrogen-bond acceptors (Lipinski definition) is 4. The van der Waals surface area contributed by atoms with E-state index in [0.29, 0.717) is 12.1 Å². The topological polar surface area (TPSA) is 56.3 Å². The quantitative estimate of drug-likeness (QED) is 0.774. The van der Waals surface area contributed by atoms with Gasteiger partial charge in [-0.1, -0.05) is 0 Å². The van der Waals surface area contributed by atoms with Crippen LogP contribution in [0.1, 0.15) is 44.7 Å². The second kappa shape index (κ2) is 7.76. The fraction of sp³-hybridized carbons (Fsp3) is 0.800. The predicted octanol–water partition coefficient (Wildman–Crippen LogP) is 1.79. The number of ether oxygens (including phenoxy) is 1. The summed E-state index contributed by atoms with van der Waals surface area (Å²) in [5, 5.41) is 4.37. The van der Waals surface area contributed by atoms with Crippen LogP contribution < -0.4 is 5.73 Å². The number of nitrogens with zero attached hydrogens (tertiary/aromatic N) is 3. The molecule has 114 valence electrons. The first-order valence-electron chi connectivity index (χ1n) is 7.82. The molecule has 1 unspecified atom stereocenters. The van der Waals surface area contributed by atoms with Crippen molar-refractivity contribution in [1.29, 1.82) is 0 Å². The Morgan fingerprint density at radius 1 is 1.45 bits per heavy atom. The number of likely N-dealkylation sites (tertiary alicyclic amines) is 1. The van der Waals surface area contributed by atoms with E-state index in [1.54, 1.807) is 0 Å². The average Bonchev–Trinajstić information content (AvgIpc) is 2.96. The first-order chi connectivity index (χ1) is 9.74. The average molecular weight is 280 g/mol. The molecule has 20 heavy (non-hydrogen) atoms. The first kappa shape index (κ1) is 15.5. The molecule has 1 aromatic rings. The van der Waals surface area contributed by atoms with Crippen molar-refractivity contribution in [2.75, 3.05) is 26.2 Å². The summed E-state index contributed by atoms with van der Waals surface area (Å²) >= 11 is 0. The van der Waals surface area contributed by atoms with Gasteiger partial charge in [0.25, 0.3) is 0 Å². The van der Waals surface area contributed by atoms with Crippen LogP contribution in [0.3, 0.4) is 0 Å². The lowest BCUT2D eigenvalue weighted by atomic mass is 10.0. The molecule has 1 aromatic heterocycles. The van der Waals surface area contributed by atoms with Crippen molar-refractivity contribution >= 4 is 0 Å². The minimum Gasteiger partial charge on any atom is -0.378 e. The van der Waals surface area contributed by atoms with E-state index in [4.69, 9.17) is 10.5 Å². The van der Waals surface area contributed by atoms with Crippen LogP contribution in [0.25, 0.3) is 0 Å². The molecule has 0 aliphatic carbocycles.